The van der Waals surface area contributed by atoms with Crippen molar-refractivity contribution >= 4 is 28.3 Å². The molecular formula is C20H28N8S. The molecule has 0 spiro atoms. The summed E-state index contributed by atoms with van der Waals surface area (Å²) in [4.78, 5) is 16.4. The van der Waals surface area contributed by atoms with Gasteiger partial charge in [-0.15, -0.1) is 0 Å². The molecule has 9 heteroatoms. The third-order valence-corrected chi connectivity index (χ3v) is 6.67. The normalized spacial score (nSPS) is 20.0. The molecule has 0 aromatic carbocycles. The average molecular weight is 413 g/mol. The number of nitrogens with one attached hydrogen (secondary N) is 1. The van der Waals surface area contributed by atoms with E-state index in [4.69, 9.17) is 4.98 Å². The summed E-state index contributed by atoms with van der Waals surface area (Å²) in [6, 6.07) is 4.43. The minimum atomic E-state index is -0.0697. The fourth-order valence-corrected chi connectivity index (χ4v) is 4.91. The van der Waals surface area contributed by atoms with E-state index in [2.05, 4.69) is 42.5 Å². The molecule has 0 amide bonds. The van der Waals surface area contributed by atoms with Crippen LogP contribution in [0.15, 0.2) is 12.3 Å². The second kappa shape index (κ2) is 8.22. The number of aryl methyl sites for hydroxylation is 2. The van der Waals surface area contributed by atoms with E-state index in [1.54, 1.807) is 0 Å². The van der Waals surface area contributed by atoms with Crippen LogP contribution in [0.3, 0.4) is 0 Å². The Morgan fingerprint density at radius 3 is 2.79 bits per heavy atom. The smallest absolute Gasteiger partial charge is 0.229 e. The molecule has 0 saturated carbocycles. The van der Waals surface area contributed by atoms with Crippen LogP contribution in [0.5, 0.6) is 0 Å². The van der Waals surface area contributed by atoms with E-state index in [1.165, 1.54) is 11.5 Å². The molecule has 0 bridgehead atoms. The highest BCUT2D eigenvalue weighted by Gasteiger charge is 2.48. The monoisotopic (exact) mass is 412 g/mol. The van der Waals surface area contributed by atoms with Crippen molar-refractivity contribution < 1.29 is 0 Å². The van der Waals surface area contributed by atoms with Crippen molar-refractivity contribution in [2.75, 3.05) is 56.5 Å². The topological polar surface area (TPSA) is 84.2 Å². The summed E-state index contributed by atoms with van der Waals surface area (Å²) in [5, 5.41) is 13.7. The van der Waals surface area contributed by atoms with Crippen LogP contribution >= 0.6 is 11.5 Å². The number of nitrogens with zero attached hydrogens (tertiary/aromatic N) is 7. The van der Waals surface area contributed by atoms with Gasteiger partial charge in [0.25, 0.3) is 0 Å². The van der Waals surface area contributed by atoms with Gasteiger partial charge in [0.2, 0.25) is 5.95 Å². The molecule has 8 nitrogen and oxygen atoms in total. The van der Waals surface area contributed by atoms with Gasteiger partial charge in [-0.05, 0) is 51.5 Å². The molecule has 4 heterocycles. The van der Waals surface area contributed by atoms with Gasteiger partial charge < -0.3 is 15.1 Å². The standard InChI is InChI=1S/C20H28N8S/c1-15-12-22-19(23-17-11-16(2)25-29-17)24-18(15)27-13-20(14-27,5-6-21)28-8-4-7-26(3)9-10-28/h11-12H,4-5,7-10,13-14H2,1-3H3,(H,22,23,24). The summed E-state index contributed by atoms with van der Waals surface area (Å²) in [6.07, 6.45) is 3.57. The molecule has 0 aliphatic carbocycles. The second-order valence-corrected chi connectivity index (χ2v) is 9.02. The Labute approximate surface area is 176 Å². The Balaban J connectivity index is 1.49. The first-order valence-electron chi connectivity index (χ1n) is 10.1. The Bertz CT molecular complexity index is 898. The SMILES string of the molecule is Cc1cc(Nc2ncc(C)c(N3CC(CC#N)(N4CCCN(C)CC4)C3)n2)sn1. The molecule has 154 valence electrons. The lowest BCUT2D eigenvalue weighted by molar-refractivity contribution is 0.0654. The van der Waals surface area contributed by atoms with Crippen molar-refractivity contribution in [1.29, 1.82) is 5.26 Å². The Hall–Kier alpha value is -2.28. The highest BCUT2D eigenvalue weighted by molar-refractivity contribution is 7.10. The summed E-state index contributed by atoms with van der Waals surface area (Å²) in [7, 11) is 2.18. The lowest BCUT2D eigenvalue weighted by atomic mass is 9.84. The van der Waals surface area contributed by atoms with Gasteiger partial charge in [0.1, 0.15) is 10.8 Å². The summed E-state index contributed by atoms with van der Waals surface area (Å²) in [5.74, 6) is 1.53. The maximum absolute atomic E-state index is 9.50. The zero-order valence-electron chi connectivity index (χ0n) is 17.4. The van der Waals surface area contributed by atoms with Gasteiger partial charge in [0, 0.05) is 44.5 Å². The van der Waals surface area contributed by atoms with Crippen molar-refractivity contribution in [1.82, 2.24) is 24.1 Å². The first-order valence-corrected chi connectivity index (χ1v) is 10.9. The van der Waals surface area contributed by atoms with E-state index in [-0.39, 0.29) is 5.54 Å². The number of hydrogen-bond donors (Lipinski definition) is 1. The largest absolute Gasteiger partial charge is 0.352 e. The minimum Gasteiger partial charge on any atom is -0.352 e. The fraction of sp³-hybridized carbons (Fsp3) is 0.600. The van der Waals surface area contributed by atoms with E-state index < -0.39 is 0 Å². The maximum atomic E-state index is 9.50. The molecule has 29 heavy (non-hydrogen) atoms. The van der Waals surface area contributed by atoms with Crippen molar-refractivity contribution in [2.45, 2.75) is 32.2 Å². The molecule has 0 atom stereocenters. The van der Waals surface area contributed by atoms with E-state index >= 15 is 0 Å². The molecule has 2 aliphatic rings. The summed E-state index contributed by atoms with van der Waals surface area (Å²) in [5.41, 5.74) is 1.97. The average Bonchev–Trinajstić information content (AvgIpc) is 2.94. The Morgan fingerprint density at radius 1 is 1.24 bits per heavy atom. The van der Waals surface area contributed by atoms with Gasteiger partial charge in [0.05, 0.1) is 23.7 Å². The van der Waals surface area contributed by atoms with Crippen LogP contribution in [-0.4, -0.2) is 76.0 Å². The second-order valence-electron chi connectivity index (χ2n) is 8.22. The number of anilines is 3. The van der Waals surface area contributed by atoms with E-state index in [0.717, 1.165) is 67.8 Å². The number of rotatable bonds is 5. The van der Waals surface area contributed by atoms with Crippen LogP contribution in [0.1, 0.15) is 24.1 Å². The number of hydrogen-bond acceptors (Lipinski definition) is 9. The predicted octanol–water partition coefficient (Wildman–Crippen LogP) is 2.40. The van der Waals surface area contributed by atoms with Gasteiger partial charge >= 0.3 is 0 Å². The third-order valence-electron chi connectivity index (χ3n) is 5.88. The molecule has 2 aromatic heterocycles. The van der Waals surface area contributed by atoms with Crippen LogP contribution in [0.25, 0.3) is 0 Å². The van der Waals surface area contributed by atoms with Crippen molar-refractivity contribution in [3.63, 3.8) is 0 Å². The quantitative estimate of drug-likeness (QED) is 0.801. The Kier molecular flexibility index (Phi) is 5.67. The maximum Gasteiger partial charge on any atom is 0.229 e. The third kappa shape index (κ3) is 4.20. The zero-order chi connectivity index (χ0) is 20.4. The first kappa shape index (κ1) is 20.0. The molecule has 4 rings (SSSR count). The molecule has 0 unspecified atom stereocenters. The van der Waals surface area contributed by atoms with Crippen molar-refractivity contribution in [3.8, 4) is 6.07 Å². The lowest BCUT2D eigenvalue weighted by Gasteiger charge is -2.55. The van der Waals surface area contributed by atoms with Crippen LogP contribution in [0.4, 0.5) is 16.8 Å². The fourth-order valence-electron chi connectivity index (χ4n) is 4.25. The van der Waals surface area contributed by atoms with Crippen LogP contribution in [0.2, 0.25) is 0 Å². The van der Waals surface area contributed by atoms with Gasteiger partial charge in [-0.3, -0.25) is 4.90 Å². The Morgan fingerprint density at radius 2 is 2.07 bits per heavy atom. The molecule has 0 radical (unpaired) electrons. The predicted molar refractivity (Wildman–Crippen MR) is 116 cm³/mol. The molecule has 1 N–H and O–H groups in total. The molecule has 2 saturated heterocycles. The summed E-state index contributed by atoms with van der Waals surface area (Å²) >= 11 is 1.41. The van der Waals surface area contributed by atoms with Crippen molar-refractivity contribution in [3.05, 3.63) is 23.5 Å². The molecule has 2 fully saturated rings. The van der Waals surface area contributed by atoms with Crippen LogP contribution in [0, 0.1) is 25.2 Å². The van der Waals surface area contributed by atoms with Crippen LogP contribution in [-0.2, 0) is 0 Å². The van der Waals surface area contributed by atoms with Crippen molar-refractivity contribution in [2.24, 2.45) is 0 Å². The van der Waals surface area contributed by atoms with Gasteiger partial charge in [-0.25, -0.2) is 4.98 Å². The molecule has 2 aromatic rings. The molecule has 2 aliphatic heterocycles. The number of likely N-dealkylation sites (N-methyl/N-ethyl adjacent to an activating group) is 1. The lowest BCUT2D eigenvalue weighted by Crippen LogP contribution is -2.71. The number of aromatic nitrogens is 3. The van der Waals surface area contributed by atoms with Gasteiger partial charge in [-0.1, -0.05) is 0 Å². The summed E-state index contributed by atoms with van der Waals surface area (Å²) < 4.78 is 4.29. The first-order chi connectivity index (χ1) is 14.0. The van der Waals surface area contributed by atoms with E-state index in [0.29, 0.717) is 12.4 Å². The summed E-state index contributed by atoms with van der Waals surface area (Å²) in [6.45, 7) is 9.94. The van der Waals surface area contributed by atoms with E-state index in [1.807, 2.05) is 26.1 Å². The van der Waals surface area contributed by atoms with Gasteiger partial charge in [-0.2, -0.15) is 14.6 Å². The van der Waals surface area contributed by atoms with E-state index in [9.17, 15) is 5.26 Å². The highest BCUT2D eigenvalue weighted by Crippen LogP contribution is 2.36. The van der Waals surface area contributed by atoms with Crippen LogP contribution < -0.4 is 10.2 Å². The minimum absolute atomic E-state index is 0.0697. The highest BCUT2D eigenvalue weighted by atomic mass is 32.1. The molecular weight excluding hydrogens is 384 g/mol. The number of nitriles is 1. The van der Waals surface area contributed by atoms with Gasteiger partial charge in [0.15, 0.2) is 0 Å². The zero-order valence-corrected chi connectivity index (χ0v) is 18.2.